The summed E-state index contributed by atoms with van der Waals surface area (Å²) in [5, 5.41) is 9.55. The lowest BCUT2D eigenvalue weighted by Gasteiger charge is -2.11. The molecular formula is C17H14BrN3O2. The van der Waals surface area contributed by atoms with Gasteiger partial charge in [0.15, 0.2) is 5.69 Å². The summed E-state index contributed by atoms with van der Waals surface area (Å²) >= 11 is 3.44. The summed E-state index contributed by atoms with van der Waals surface area (Å²) in [6, 6.07) is 11.5. The first kappa shape index (κ1) is 15.4. The van der Waals surface area contributed by atoms with Gasteiger partial charge in [-0.2, -0.15) is 0 Å². The van der Waals surface area contributed by atoms with Crippen LogP contribution < -0.4 is 0 Å². The van der Waals surface area contributed by atoms with Crippen molar-refractivity contribution in [2.45, 2.75) is 13.5 Å². The van der Waals surface area contributed by atoms with Crippen LogP contribution in [0.2, 0.25) is 0 Å². The summed E-state index contributed by atoms with van der Waals surface area (Å²) in [6.45, 7) is 2.13. The number of nitrogens with zero attached hydrogens (tertiary/aromatic N) is 3. The molecule has 5 nitrogen and oxygen atoms in total. The zero-order valence-corrected chi connectivity index (χ0v) is 14.0. The number of benzene rings is 1. The fraction of sp³-hybridized carbons (Fsp3) is 0.118. The molecule has 23 heavy (non-hydrogen) atoms. The first-order chi connectivity index (χ1) is 11.1. The summed E-state index contributed by atoms with van der Waals surface area (Å²) in [7, 11) is 0. The van der Waals surface area contributed by atoms with Crippen LogP contribution in [0.15, 0.2) is 53.3 Å². The molecule has 6 heteroatoms. The van der Waals surface area contributed by atoms with Gasteiger partial charge in [-0.15, -0.1) is 0 Å². The second-order valence-corrected chi connectivity index (χ2v) is 6.05. The number of carboxylic acid groups (broad SMARTS) is 1. The summed E-state index contributed by atoms with van der Waals surface area (Å²) in [6.07, 6.45) is 3.36. The summed E-state index contributed by atoms with van der Waals surface area (Å²) in [4.78, 5) is 20.2. The Morgan fingerprint density at radius 3 is 2.78 bits per heavy atom. The maximum absolute atomic E-state index is 11.7. The van der Waals surface area contributed by atoms with Gasteiger partial charge < -0.3 is 9.67 Å². The van der Waals surface area contributed by atoms with Crippen molar-refractivity contribution < 1.29 is 9.90 Å². The molecule has 1 N–H and O–H groups in total. The van der Waals surface area contributed by atoms with Crippen molar-refractivity contribution in [3.63, 3.8) is 0 Å². The van der Waals surface area contributed by atoms with E-state index in [4.69, 9.17) is 0 Å². The van der Waals surface area contributed by atoms with Gasteiger partial charge in [0.25, 0.3) is 0 Å². The molecule has 0 saturated carbocycles. The van der Waals surface area contributed by atoms with Crippen molar-refractivity contribution in [2.24, 2.45) is 0 Å². The van der Waals surface area contributed by atoms with E-state index in [2.05, 4.69) is 25.9 Å². The molecular weight excluding hydrogens is 358 g/mol. The monoisotopic (exact) mass is 371 g/mol. The van der Waals surface area contributed by atoms with Crippen molar-refractivity contribution in [1.29, 1.82) is 0 Å². The molecule has 2 aromatic heterocycles. The highest BCUT2D eigenvalue weighted by atomic mass is 79.9. The van der Waals surface area contributed by atoms with E-state index >= 15 is 0 Å². The highest BCUT2D eigenvalue weighted by molar-refractivity contribution is 9.10. The van der Waals surface area contributed by atoms with Crippen LogP contribution in [-0.4, -0.2) is 25.6 Å². The Morgan fingerprint density at radius 2 is 2.13 bits per heavy atom. The maximum atomic E-state index is 11.7. The Balaban J connectivity index is 2.14. The molecule has 0 atom stereocenters. The Morgan fingerprint density at radius 1 is 1.30 bits per heavy atom. The predicted octanol–water partition coefficient (Wildman–Crippen LogP) is 3.76. The molecule has 116 valence electrons. The second-order valence-electron chi connectivity index (χ2n) is 5.13. The fourth-order valence-electron chi connectivity index (χ4n) is 2.53. The van der Waals surface area contributed by atoms with E-state index in [0.29, 0.717) is 18.1 Å². The van der Waals surface area contributed by atoms with E-state index < -0.39 is 5.97 Å². The van der Waals surface area contributed by atoms with Gasteiger partial charge in [0.2, 0.25) is 0 Å². The quantitative estimate of drug-likeness (QED) is 0.757. The summed E-state index contributed by atoms with van der Waals surface area (Å²) in [5.74, 6) is -0.381. The number of rotatable bonds is 4. The first-order valence-electron chi connectivity index (χ1n) is 7.01. The van der Waals surface area contributed by atoms with Crippen molar-refractivity contribution in [1.82, 2.24) is 14.5 Å². The lowest BCUT2D eigenvalue weighted by Crippen LogP contribution is -2.12. The number of aromatic nitrogens is 3. The molecule has 0 radical (unpaired) electrons. The molecule has 0 bridgehead atoms. The third-order valence-electron chi connectivity index (χ3n) is 3.49. The molecule has 0 aliphatic rings. The zero-order valence-electron chi connectivity index (χ0n) is 12.4. The SMILES string of the molecule is Cc1nc(-c2cccnc2)n(Cc2cccc(Br)c2)c1C(=O)O. The minimum absolute atomic E-state index is 0.198. The average Bonchev–Trinajstić information content (AvgIpc) is 2.84. The smallest absolute Gasteiger partial charge is 0.354 e. The maximum Gasteiger partial charge on any atom is 0.354 e. The molecule has 0 spiro atoms. The average molecular weight is 372 g/mol. The largest absolute Gasteiger partial charge is 0.477 e. The molecule has 1 aromatic carbocycles. The Hall–Kier alpha value is -2.47. The number of imidazole rings is 1. The number of pyridine rings is 1. The molecule has 0 unspecified atom stereocenters. The minimum Gasteiger partial charge on any atom is -0.477 e. The van der Waals surface area contributed by atoms with Gasteiger partial charge in [0.05, 0.1) is 5.69 Å². The van der Waals surface area contributed by atoms with Gasteiger partial charge in [-0.05, 0) is 36.8 Å². The van der Waals surface area contributed by atoms with Gasteiger partial charge in [-0.3, -0.25) is 4.98 Å². The number of carbonyl (C=O) groups is 1. The number of hydrogen-bond donors (Lipinski definition) is 1. The summed E-state index contributed by atoms with van der Waals surface area (Å²) < 4.78 is 2.67. The Kier molecular flexibility index (Phi) is 4.25. The van der Waals surface area contributed by atoms with E-state index in [0.717, 1.165) is 15.6 Å². The third kappa shape index (κ3) is 3.17. The predicted molar refractivity (Wildman–Crippen MR) is 90.4 cm³/mol. The lowest BCUT2D eigenvalue weighted by molar-refractivity contribution is 0.0685. The molecule has 0 saturated heterocycles. The van der Waals surface area contributed by atoms with Gasteiger partial charge in [0.1, 0.15) is 5.82 Å². The van der Waals surface area contributed by atoms with Gasteiger partial charge in [-0.25, -0.2) is 9.78 Å². The van der Waals surface area contributed by atoms with E-state index in [1.807, 2.05) is 36.4 Å². The molecule has 3 aromatic rings. The van der Waals surface area contributed by atoms with Crippen molar-refractivity contribution in [3.8, 4) is 11.4 Å². The van der Waals surface area contributed by atoms with Crippen LogP contribution in [0.25, 0.3) is 11.4 Å². The summed E-state index contributed by atoms with van der Waals surface area (Å²) in [5.41, 5.74) is 2.47. The van der Waals surface area contributed by atoms with Gasteiger partial charge in [0, 0.05) is 29.0 Å². The third-order valence-corrected chi connectivity index (χ3v) is 3.99. The number of hydrogen-bond acceptors (Lipinski definition) is 3. The number of aryl methyl sites for hydroxylation is 1. The molecule has 3 rings (SSSR count). The lowest BCUT2D eigenvalue weighted by atomic mass is 10.2. The fourth-order valence-corrected chi connectivity index (χ4v) is 2.98. The van der Waals surface area contributed by atoms with Crippen LogP contribution in [0.4, 0.5) is 0 Å². The molecule has 0 fully saturated rings. The topological polar surface area (TPSA) is 68.0 Å². The Labute approximate surface area is 141 Å². The van der Waals surface area contributed by atoms with Crippen LogP contribution in [0.5, 0.6) is 0 Å². The van der Waals surface area contributed by atoms with Gasteiger partial charge in [-0.1, -0.05) is 28.1 Å². The van der Waals surface area contributed by atoms with E-state index in [-0.39, 0.29) is 5.69 Å². The first-order valence-corrected chi connectivity index (χ1v) is 7.81. The highest BCUT2D eigenvalue weighted by Gasteiger charge is 2.21. The van der Waals surface area contributed by atoms with Crippen LogP contribution >= 0.6 is 15.9 Å². The normalized spacial score (nSPS) is 10.7. The molecule has 2 heterocycles. The van der Waals surface area contributed by atoms with E-state index in [1.165, 1.54) is 0 Å². The van der Waals surface area contributed by atoms with Crippen molar-refractivity contribution in [3.05, 3.63) is 70.2 Å². The molecule has 0 aliphatic carbocycles. The van der Waals surface area contributed by atoms with Crippen molar-refractivity contribution >= 4 is 21.9 Å². The number of carboxylic acids is 1. The number of halogens is 1. The molecule has 0 amide bonds. The van der Waals surface area contributed by atoms with Crippen molar-refractivity contribution in [2.75, 3.05) is 0 Å². The van der Waals surface area contributed by atoms with E-state index in [9.17, 15) is 9.90 Å². The van der Waals surface area contributed by atoms with Crippen LogP contribution in [0.1, 0.15) is 21.7 Å². The minimum atomic E-state index is -0.986. The second kappa shape index (κ2) is 6.34. The van der Waals surface area contributed by atoms with Crippen LogP contribution in [0.3, 0.4) is 0 Å². The highest BCUT2D eigenvalue weighted by Crippen LogP contribution is 2.24. The van der Waals surface area contributed by atoms with Crippen LogP contribution in [0, 0.1) is 6.92 Å². The van der Waals surface area contributed by atoms with Gasteiger partial charge >= 0.3 is 5.97 Å². The zero-order chi connectivity index (χ0) is 16.4. The number of aromatic carboxylic acids is 1. The standard InChI is InChI=1S/C17H14BrN3O2/c1-11-15(17(22)23)21(10-12-4-2-6-14(18)8-12)16(20-11)13-5-3-7-19-9-13/h2-9H,10H2,1H3,(H,22,23). The van der Waals surface area contributed by atoms with E-state index in [1.54, 1.807) is 23.9 Å². The Bertz CT molecular complexity index is 860. The van der Waals surface area contributed by atoms with Crippen LogP contribution in [-0.2, 0) is 6.54 Å². The molecule has 0 aliphatic heterocycles.